The summed E-state index contributed by atoms with van der Waals surface area (Å²) in [4.78, 5) is 34.2. The lowest BCUT2D eigenvalue weighted by atomic mass is 10.1. The summed E-state index contributed by atoms with van der Waals surface area (Å²) in [5.74, 6) is -0.0996. The van der Waals surface area contributed by atoms with Gasteiger partial charge >= 0.3 is 0 Å². The molecule has 0 unspecified atom stereocenters. The SMILES string of the molecule is CCN1CCN(C(=O)c2nc(C(=O)NC(C)(C)C)c3ccccn23)CC1. The van der Waals surface area contributed by atoms with Gasteiger partial charge in [0.25, 0.3) is 11.8 Å². The van der Waals surface area contributed by atoms with Gasteiger partial charge in [0.15, 0.2) is 5.69 Å². The summed E-state index contributed by atoms with van der Waals surface area (Å²) in [5, 5.41) is 2.93. The second-order valence-electron chi connectivity index (χ2n) is 7.67. The molecule has 3 rings (SSSR count). The standard InChI is InChI=1S/C19H27N5O2/c1-5-22-10-12-23(13-11-22)18(26)16-20-15(17(25)21-19(2,3)4)14-8-6-7-9-24(14)16/h6-9H,5,10-13H2,1-4H3,(H,21,25). The highest BCUT2D eigenvalue weighted by atomic mass is 16.2. The van der Waals surface area contributed by atoms with Gasteiger partial charge < -0.3 is 15.1 Å². The fraction of sp³-hybridized carbons (Fsp3) is 0.526. The summed E-state index contributed by atoms with van der Waals surface area (Å²) in [7, 11) is 0. The van der Waals surface area contributed by atoms with Crippen LogP contribution in [0.25, 0.3) is 5.52 Å². The smallest absolute Gasteiger partial charge is 0.290 e. The zero-order valence-electron chi connectivity index (χ0n) is 16.0. The van der Waals surface area contributed by atoms with Gasteiger partial charge in [-0.2, -0.15) is 0 Å². The Morgan fingerprint density at radius 3 is 2.46 bits per heavy atom. The number of carbonyl (C=O) groups excluding carboxylic acids is 2. The highest BCUT2D eigenvalue weighted by Crippen LogP contribution is 2.17. The lowest BCUT2D eigenvalue weighted by molar-refractivity contribution is 0.0630. The van der Waals surface area contributed by atoms with Crippen LogP contribution in [0, 0.1) is 0 Å². The van der Waals surface area contributed by atoms with Crippen LogP contribution >= 0.6 is 0 Å². The second kappa shape index (κ2) is 7.07. The molecule has 0 radical (unpaired) electrons. The Bertz CT molecular complexity index is 813. The van der Waals surface area contributed by atoms with E-state index in [9.17, 15) is 9.59 Å². The average molecular weight is 357 g/mol. The van der Waals surface area contributed by atoms with Gasteiger partial charge in [-0.15, -0.1) is 0 Å². The van der Waals surface area contributed by atoms with Crippen LogP contribution < -0.4 is 5.32 Å². The molecule has 0 spiro atoms. The lowest BCUT2D eigenvalue weighted by Crippen LogP contribution is -2.48. The number of fused-ring (bicyclic) bond motifs is 1. The van der Waals surface area contributed by atoms with Gasteiger partial charge in [0.1, 0.15) is 0 Å². The van der Waals surface area contributed by atoms with E-state index < -0.39 is 0 Å². The van der Waals surface area contributed by atoms with Crippen molar-refractivity contribution in [1.29, 1.82) is 0 Å². The molecule has 7 nitrogen and oxygen atoms in total. The van der Waals surface area contributed by atoms with Crippen molar-refractivity contribution in [3.8, 4) is 0 Å². The molecule has 1 aliphatic rings. The monoisotopic (exact) mass is 357 g/mol. The first-order valence-electron chi connectivity index (χ1n) is 9.11. The van der Waals surface area contributed by atoms with E-state index in [1.54, 1.807) is 10.6 Å². The maximum atomic E-state index is 13.0. The molecule has 1 saturated heterocycles. The molecule has 2 aromatic heterocycles. The van der Waals surface area contributed by atoms with Crippen molar-refractivity contribution >= 4 is 17.3 Å². The number of aromatic nitrogens is 2. The van der Waals surface area contributed by atoms with Gasteiger partial charge in [-0.1, -0.05) is 13.0 Å². The third-order valence-corrected chi connectivity index (χ3v) is 4.55. The van der Waals surface area contributed by atoms with Crippen LogP contribution in [0.4, 0.5) is 0 Å². The van der Waals surface area contributed by atoms with Crippen LogP contribution in [0.15, 0.2) is 24.4 Å². The Morgan fingerprint density at radius 1 is 1.15 bits per heavy atom. The minimum absolute atomic E-state index is 0.128. The molecular weight excluding hydrogens is 330 g/mol. The topological polar surface area (TPSA) is 69.9 Å². The molecule has 2 amide bonds. The molecule has 1 fully saturated rings. The van der Waals surface area contributed by atoms with Gasteiger partial charge in [-0.3, -0.25) is 14.0 Å². The largest absolute Gasteiger partial charge is 0.346 e. The van der Waals surface area contributed by atoms with Crippen molar-refractivity contribution in [1.82, 2.24) is 24.5 Å². The number of nitrogens with one attached hydrogen (secondary N) is 1. The van der Waals surface area contributed by atoms with Crippen LogP contribution in [0.5, 0.6) is 0 Å². The fourth-order valence-corrected chi connectivity index (χ4v) is 3.16. The maximum Gasteiger partial charge on any atom is 0.290 e. The van der Waals surface area contributed by atoms with Crippen LogP contribution in [0.3, 0.4) is 0 Å². The molecule has 0 atom stereocenters. The van der Waals surface area contributed by atoms with Crippen molar-refractivity contribution in [2.45, 2.75) is 33.2 Å². The van der Waals surface area contributed by atoms with Crippen LogP contribution in [-0.2, 0) is 0 Å². The third-order valence-electron chi connectivity index (χ3n) is 4.55. The number of likely N-dealkylation sites (N-methyl/N-ethyl adjacent to an activating group) is 1. The van der Waals surface area contributed by atoms with Crippen molar-refractivity contribution in [2.24, 2.45) is 0 Å². The normalized spacial score (nSPS) is 16.1. The van der Waals surface area contributed by atoms with E-state index in [0.717, 1.165) is 19.6 Å². The van der Waals surface area contributed by atoms with Crippen LogP contribution in [0.2, 0.25) is 0 Å². The van der Waals surface area contributed by atoms with Crippen LogP contribution in [0.1, 0.15) is 48.8 Å². The molecule has 1 aliphatic heterocycles. The Balaban J connectivity index is 1.92. The molecule has 2 aromatic rings. The summed E-state index contributed by atoms with van der Waals surface area (Å²) < 4.78 is 1.71. The molecule has 0 aliphatic carbocycles. The third kappa shape index (κ3) is 3.72. The summed E-state index contributed by atoms with van der Waals surface area (Å²) in [5.41, 5.74) is 0.559. The molecule has 0 saturated carbocycles. The second-order valence-corrected chi connectivity index (χ2v) is 7.67. The zero-order valence-corrected chi connectivity index (χ0v) is 16.0. The molecule has 140 valence electrons. The first kappa shape index (κ1) is 18.4. The zero-order chi connectivity index (χ0) is 18.9. The number of nitrogens with zero attached hydrogens (tertiary/aromatic N) is 4. The number of imidazole rings is 1. The van der Waals surface area contributed by atoms with E-state index in [1.165, 1.54) is 0 Å². The Labute approximate surface area is 154 Å². The first-order valence-corrected chi connectivity index (χ1v) is 9.11. The summed E-state index contributed by atoms with van der Waals surface area (Å²) in [6, 6.07) is 5.50. The first-order chi connectivity index (χ1) is 12.3. The Kier molecular flexibility index (Phi) is 5.00. The predicted molar refractivity (Wildman–Crippen MR) is 100 cm³/mol. The van der Waals surface area contributed by atoms with Gasteiger partial charge in [0.2, 0.25) is 5.82 Å². The number of piperazine rings is 1. The van der Waals surface area contributed by atoms with E-state index in [2.05, 4.69) is 22.1 Å². The summed E-state index contributed by atoms with van der Waals surface area (Å²) in [6.45, 7) is 12.0. The number of hydrogen-bond donors (Lipinski definition) is 1. The Hall–Kier alpha value is -2.41. The lowest BCUT2D eigenvalue weighted by Gasteiger charge is -2.33. The molecule has 3 heterocycles. The van der Waals surface area contributed by atoms with Crippen molar-refractivity contribution < 1.29 is 9.59 Å². The summed E-state index contributed by atoms with van der Waals surface area (Å²) >= 11 is 0. The van der Waals surface area contributed by atoms with E-state index in [-0.39, 0.29) is 23.0 Å². The number of rotatable bonds is 3. The molecule has 26 heavy (non-hydrogen) atoms. The van der Waals surface area contributed by atoms with Gasteiger partial charge in [-0.25, -0.2) is 4.98 Å². The number of hydrogen-bond acceptors (Lipinski definition) is 4. The fourth-order valence-electron chi connectivity index (χ4n) is 3.16. The molecule has 0 bridgehead atoms. The van der Waals surface area contributed by atoms with Gasteiger partial charge in [0.05, 0.1) is 5.52 Å². The molecular formula is C19H27N5O2. The average Bonchev–Trinajstić information content (AvgIpc) is 2.99. The number of carbonyl (C=O) groups is 2. The molecule has 7 heteroatoms. The van der Waals surface area contributed by atoms with Crippen molar-refractivity contribution in [3.63, 3.8) is 0 Å². The van der Waals surface area contributed by atoms with E-state index in [4.69, 9.17) is 0 Å². The molecule has 0 aromatic carbocycles. The highest BCUT2D eigenvalue weighted by molar-refractivity contribution is 6.02. The van der Waals surface area contributed by atoms with Crippen molar-refractivity contribution in [3.05, 3.63) is 35.9 Å². The van der Waals surface area contributed by atoms with E-state index in [1.807, 2.05) is 43.9 Å². The quantitative estimate of drug-likeness (QED) is 0.907. The minimum atomic E-state index is -0.373. The predicted octanol–water partition coefficient (Wildman–Crippen LogP) is 1.64. The minimum Gasteiger partial charge on any atom is -0.346 e. The number of amides is 2. The van der Waals surface area contributed by atoms with Crippen LogP contribution in [-0.4, -0.2) is 69.3 Å². The highest BCUT2D eigenvalue weighted by Gasteiger charge is 2.28. The molecule has 1 N–H and O–H groups in total. The van der Waals surface area contributed by atoms with E-state index >= 15 is 0 Å². The maximum absolute atomic E-state index is 13.0. The Morgan fingerprint density at radius 2 is 1.85 bits per heavy atom. The summed E-state index contributed by atoms with van der Waals surface area (Å²) in [6.07, 6.45) is 1.78. The van der Waals surface area contributed by atoms with Gasteiger partial charge in [-0.05, 0) is 39.4 Å². The number of pyridine rings is 1. The van der Waals surface area contributed by atoms with Crippen molar-refractivity contribution in [2.75, 3.05) is 32.7 Å². The van der Waals surface area contributed by atoms with Gasteiger partial charge in [0, 0.05) is 37.9 Å². The van der Waals surface area contributed by atoms with E-state index in [0.29, 0.717) is 24.4 Å².